The van der Waals surface area contributed by atoms with Crippen LogP contribution < -0.4 is 0 Å². The van der Waals surface area contributed by atoms with Crippen LogP contribution in [0.5, 0.6) is 0 Å². The molecule has 0 spiro atoms. The molecule has 0 unspecified atom stereocenters. The fourth-order valence-electron chi connectivity index (χ4n) is 4.10. The van der Waals surface area contributed by atoms with Crippen LogP contribution in [-0.2, 0) is 0 Å². The lowest BCUT2D eigenvalue weighted by atomic mass is 9.99. The molecule has 1 atom stereocenters. The van der Waals surface area contributed by atoms with Gasteiger partial charge >= 0.3 is 0 Å². The third-order valence-corrected chi connectivity index (χ3v) is 5.57. The quantitative estimate of drug-likeness (QED) is 0.569. The van der Waals surface area contributed by atoms with Crippen molar-refractivity contribution in [3.63, 3.8) is 0 Å². The lowest BCUT2D eigenvalue weighted by Crippen LogP contribution is -2.28. The van der Waals surface area contributed by atoms with Gasteiger partial charge in [-0.1, -0.05) is 48.5 Å². The van der Waals surface area contributed by atoms with Crippen LogP contribution in [0.15, 0.2) is 60.7 Å². The van der Waals surface area contributed by atoms with Crippen LogP contribution in [0.4, 0.5) is 0 Å². The summed E-state index contributed by atoms with van der Waals surface area (Å²) in [6.45, 7) is 3.58. The van der Waals surface area contributed by atoms with Crippen LogP contribution in [0, 0.1) is 6.92 Å². The number of aryl methyl sites for hydroxylation is 1. The molecule has 0 saturated carbocycles. The Bertz CT molecular complexity index is 1150. The van der Waals surface area contributed by atoms with Crippen molar-refractivity contribution in [3.05, 3.63) is 77.6 Å². The largest absolute Gasteiger partial charge is 0.357 e. The Hall–Kier alpha value is -3.14. The highest BCUT2D eigenvalue weighted by Crippen LogP contribution is 2.29. The van der Waals surface area contributed by atoms with Crippen LogP contribution in [0.1, 0.15) is 34.1 Å². The summed E-state index contributed by atoms with van der Waals surface area (Å²) in [4.78, 5) is 23.1. The molecular weight excluding hydrogens is 334 g/mol. The second-order valence-electron chi connectivity index (χ2n) is 7.40. The highest BCUT2D eigenvalue weighted by molar-refractivity contribution is 6.07. The molecule has 0 radical (unpaired) electrons. The second kappa shape index (κ2) is 6.23. The average molecular weight is 355 g/mol. The average Bonchev–Trinajstić information content (AvgIpc) is 3.35. The van der Waals surface area contributed by atoms with E-state index in [-0.39, 0.29) is 5.91 Å². The summed E-state index contributed by atoms with van der Waals surface area (Å²) in [7, 11) is 0. The molecule has 4 aromatic rings. The van der Waals surface area contributed by atoms with E-state index in [0.29, 0.717) is 11.6 Å². The number of aromatic nitrogens is 2. The second-order valence-corrected chi connectivity index (χ2v) is 7.40. The van der Waals surface area contributed by atoms with Crippen molar-refractivity contribution in [2.75, 3.05) is 13.1 Å². The molecule has 2 aromatic heterocycles. The van der Waals surface area contributed by atoms with Gasteiger partial charge in [0.05, 0.1) is 11.0 Å². The Morgan fingerprint density at radius 1 is 1.07 bits per heavy atom. The third kappa shape index (κ3) is 2.78. The number of nitrogens with one attached hydrogen (secondary N) is 1. The summed E-state index contributed by atoms with van der Waals surface area (Å²) in [5.74, 6) is 0.446. The number of hydrogen-bond donors (Lipinski definition) is 1. The van der Waals surface area contributed by atoms with Gasteiger partial charge in [-0.2, -0.15) is 0 Å². The van der Waals surface area contributed by atoms with Gasteiger partial charge in [0.2, 0.25) is 0 Å². The fraction of sp³-hybridized carbons (Fsp3) is 0.217. The zero-order chi connectivity index (χ0) is 18.4. The molecule has 0 bridgehead atoms. The van der Waals surface area contributed by atoms with Gasteiger partial charge < -0.3 is 9.88 Å². The van der Waals surface area contributed by atoms with Gasteiger partial charge in [-0.3, -0.25) is 4.79 Å². The van der Waals surface area contributed by atoms with Gasteiger partial charge in [0.15, 0.2) is 0 Å². The highest BCUT2D eigenvalue weighted by Gasteiger charge is 2.29. The molecule has 4 heteroatoms. The van der Waals surface area contributed by atoms with Gasteiger partial charge in [-0.15, -0.1) is 0 Å². The number of hydrogen-bond acceptors (Lipinski definition) is 2. The van der Waals surface area contributed by atoms with Gasteiger partial charge in [0.25, 0.3) is 5.91 Å². The Balaban J connectivity index is 1.46. The summed E-state index contributed by atoms with van der Waals surface area (Å²) in [5.41, 5.74) is 4.80. The molecule has 4 nitrogen and oxygen atoms in total. The molecule has 0 aliphatic carbocycles. The summed E-state index contributed by atoms with van der Waals surface area (Å²) >= 11 is 0. The van der Waals surface area contributed by atoms with Crippen molar-refractivity contribution in [3.8, 4) is 0 Å². The van der Waals surface area contributed by atoms with Crippen LogP contribution in [-0.4, -0.2) is 33.9 Å². The van der Waals surface area contributed by atoms with E-state index in [0.717, 1.165) is 47.0 Å². The lowest BCUT2D eigenvalue weighted by Gasteiger charge is -2.15. The number of carbonyl (C=O) groups excluding carboxylic acids is 1. The smallest absolute Gasteiger partial charge is 0.272 e. The minimum absolute atomic E-state index is 0.0328. The summed E-state index contributed by atoms with van der Waals surface area (Å²) in [6.07, 6.45) is 1.01. The van der Waals surface area contributed by atoms with Gasteiger partial charge in [0.1, 0.15) is 5.69 Å². The van der Waals surface area contributed by atoms with Gasteiger partial charge in [-0.25, -0.2) is 4.98 Å². The molecular formula is C23H21N3O. The Labute approximate surface area is 157 Å². The SMILES string of the molecule is Cc1ccc2ccc3cc(C(=O)N4CC[C@H](c5ccccc5)C4)nc3c2[nH]1. The number of aromatic amines is 1. The van der Waals surface area contributed by atoms with E-state index in [4.69, 9.17) is 4.98 Å². The summed E-state index contributed by atoms with van der Waals surface area (Å²) in [6, 6.07) is 20.6. The minimum Gasteiger partial charge on any atom is -0.357 e. The first kappa shape index (κ1) is 16.1. The highest BCUT2D eigenvalue weighted by atomic mass is 16.2. The van der Waals surface area contributed by atoms with E-state index < -0.39 is 0 Å². The maximum atomic E-state index is 13.0. The van der Waals surface area contributed by atoms with Gasteiger partial charge in [-0.05, 0) is 31.0 Å². The van der Waals surface area contributed by atoms with Crippen molar-refractivity contribution in [1.29, 1.82) is 0 Å². The number of likely N-dealkylation sites (tertiary alicyclic amines) is 1. The number of nitrogens with zero attached hydrogens (tertiary/aromatic N) is 2. The van der Waals surface area contributed by atoms with Crippen molar-refractivity contribution >= 4 is 27.7 Å². The van der Waals surface area contributed by atoms with E-state index >= 15 is 0 Å². The normalized spacial score (nSPS) is 17.1. The monoisotopic (exact) mass is 355 g/mol. The predicted octanol–water partition coefficient (Wildman–Crippen LogP) is 4.65. The summed E-state index contributed by atoms with van der Waals surface area (Å²) < 4.78 is 0. The van der Waals surface area contributed by atoms with Crippen LogP contribution in [0.2, 0.25) is 0 Å². The zero-order valence-corrected chi connectivity index (χ0v) is 15.3. The standard InChI is InChI=1S/C23H21N3O/c1-15-7-8-17-9-10-18-13-20(25-22(18)21(17)24-15)23(27)26-12-11-19(14-26)16-5-3-2-4-6-16/h2-10,13,19,24H,11-12,14H2,1H3/t19-/m0/s1. The van der Waals surface area contributed by atoms with E-state index in [1.54, 1.807) is 0 Å². The molecule has 27 heavy (non-hydrogen) atoms. The maximum Gasteiger partial charge on any atom is 0.272 e. The number of pyridine rings is 1. The van der Waals surface area contributed by atoms with Crippen LogP contribution in [0.3, 0.4) is 0 Å². The number of carbonyl (C=O) groups is 1. The number of benzene rings is 2. The molecule has 1 N–H and O–H groups in total. The molecule has 1 fully saturated rings. The number of fused-ring (bicyclic) bond motifs is 3. The first-order valence-electron chi connectivity index (χ1n) is 9.42. The predicted molar refractivity (Wildman–Crippen MR) is 108 cm³/mol. The van der Waals surface area contributed by atoms with E-state index in [2.05, 4.69) is 47.4 Å². The Kier molecular flexibility index (Phi) is 3.71. The number of amides is 1. The molecule has 134 valence electrons. The first-order valence-corrected chi connectivity index (χ1v) is 9.42. The molecule has 1 amide bonds. The van der Waals surface area contributed by atoms with Crippen LogP contribution >= 0.6 is 0 Å². The molecule has 1 saturated heterocycles. The summed E-state index contributed by atoms with van der Waals surface area (Å²) in [5, 5.41) is 2.11. The molecule has 2 aromatic carbocycles. The van der Waals surface area contributed by atoms with Crippen molar-refractivity contribution in [2.45, 2.75) is 19.3 Å². The van der Waals surface area contributed by atoms with Crippen molar-refractivity contribution in [1.82, 2.24) is 14.9 Å². The Morgan fingerprint density at radius 3 is 2.70 bits per heavy atom. The lowest BCUT2D eigenvalue weighted by molar-refractivity contribution is 0.0786. The van der Waals surface area contributed by atoms with Crippen LogP contribution in [0.25, 0.3) is 21.8 Å². The molecule has 1 aliphatic rings. The Morgan fingerprint density at radius 2 is 1.85 bits per heavy atom. The molecule has 5 rings (SSSR count). The topological polar surface area (TPSA) is 49.0 Å². The van der Waals surface area contributed by atoms with Gasteiger partial charge in [0, 0.05) is 35.5 Å². The fourth-order valence-corrected chi connectivity index (χ4v) is 4.10. The van der Waals surface area contributed by atoms with Crippen molar-refractivity contribution in [2.24, 2.45) is 0 Å². The maximum absolute atomic E-state index is 13.0. The zero-order valence-electron chi connectivity index (χ0n) is 15.3. The third-order valence-electron chi connectivity index (χ3n) is 5.57. The number of H-pyrrole nitrogens is 1. The van der Waals surface area contributed by atoms with E-state index in [1.165, 1.54) is 5.56 Å². The van der Waals surface area contributed by atoms with E-state index in [9.17, 15) is 4.79 Å². The van der Waals surface area contributed by atoms with E-state index in [1.807, 2.05) is 30.0 Å². The number of rotatable bonds is 2. The minimum atomic E-state index is 0.0328. The van der Waals surface area contributed by atoms with Crippen molar-refractivity contribution < 1.29 is 4.79 Å². The first-order chi connectivity index (χ1) is 13.2. The molecule has 3 heterocycles. The molecule has 1 aliphatic heterocycles.